The van der Waals surface area contributed by atoms with E-state index in [1.165, 1.54) is 0 Å². The Kier molecular flexibility index (Phi) is 9.77. The molecule has 0 radical (unpaired) electrons. The van der Waals surface area contributed by atoms with Crippen molar-refractivity contribution >= 4 is 39.8 Å². The summed E-state index contributed by atoms with van der Waals surface area (Å²) in [7, 11) is 0. The van der Waals surface area contributed by atoms with E-state index in [2.05, 4.69) is 25.8 Å². The molecule has 1 saturated carbocycles. The lowest BCUT2D eigenvalue weighted by Crippen LogP contribution is -2.55. The van der Waals surface area contributed by atoms with Crippen LogP contribution in [0, 0.1) is 0 Å². The number of morpholine rings is 1. The molecule has 6 rings (SSSR count). The van der Waals surface area contributed by atoms with E-state index in [4.69, 9.17) is 14.8 Å². The van der Waals surface area contributed by atoms with E-state index in [-0.39, 0.29) is 18.2 Å². The highest BCUT2D eigenvalue weighted by atomic mass is 32.1. The summed E-state index contributed by atoms with van der Waals surface area (Å²) in [5, 5.41) is 18.2. The Labute approximate surface area is 267 Å². The number of Topliss-reactive ketones (excluding diaryl/α,β-unsaturated/α-hetero) is 1. The summed E-state index contributed by atoms with van der Waals surface area (Å²) in [6.45, 7) is 5.40. The van der Waals surface area contributed by atoms with Crippen LogP contribution in [0.4, 0.5) is 10.8 Å². The van der Waals surface area contributed by atoms with Gasteiger partial charge in [0.15, 0.2) is 10.9 Å². The van der Waals surface area contributed by atoms with Gasteiger partial charge in [0.2, 0.25) is 0 Å². The topological polar surface area (TPSA) is 124 Å². The van der Waals surface area contributed by atoms with E-state index in [9.17, 15) is 14.4 Å². The van der Waals surface area contributed by atoms with Crippen LogP contribution in [-0.4, -0.2) is 90.2 Å². The van der Waals surface area contributed by atoms with Gasteiger partial charge in [-0.3, -0.25) is 19.3 Å². The van der Waals surface area contributed by atoms with Crippen molar-refractivity contribution in [3.05, 3.63) is 65.0 Å². The first-order chi connectivity index (χ1) is 21.9. The van der Waals surface area contributed by atoms with Crippen LogP contribution in [0.5, 0.6) is 0 Å². The molecule has 0 bridgehead atoms. The van der Waals surface area contributed by atoms with Crippen LogP contribution in [0.3, 0.4) is 0 Å². The van der Waals surface area contributed by atoms with Crippen LogP contribution < -0.4 is 15.5 Å². The number of piperidine rings is 1. The number of carboxylic acids is 1. The Morgan fingerprint density at radius 2 is 1.67 bits per heavy atom. The number of aliphatic carboxylic acids is 1. The van der Waals surface area contributed by atoms with E-state index in [0.717, 1.165) is 87.9 Å². The summed E-state index contributed by atoms with van der Waals surface area (Å²) in [5.41, 5.74) is 2.11. The fraction of sp³-hybridized carbons (Fsp3) is 0.471. The number of carbonyl (C=O) groups is 3. The molecule has 3 heterocycles. The summed E-state index contributed by atoms with van der Waals surface area (Å²) in [4.78, 5) is 48.6. The maximum Gasteiger partial charge on any atom is 0.322 e. The standard InChI is InChI=1S/C34H41N5O5S/c40-30(41)22-35-28-7-3-2-6-27(28)31(42)34(14-4-1-5-15-34)37-32(43)25-10-8-24(9-11-25)29-23-45-33(36-29)39-16-12-26(13-17-39)38-18-20-44-21-19-38/h2-3,6-11,23,26,35H,1,4-5,12-22H2,(H,37,43)(H,40,41). The third-order valence-corrected chi connectivity index (χ3v) is 10.2. The molecule has 11 heteroatoms. The number of anilines is 2. The molecule has 0 spiro atoms. The minimum absolute atomic E-state index is 0.190. The van der Waals surface area contributed by atoms with Crippen molar-refractivity contribution < 1.29 is 24.2 Å². The normalized spacial score (nSPS) is 19.2. The van der Waals surface area contributed by atoms with E-state index < -0.39 is 11.5 Å². The lowest BCUT2D eigenvalue weighted by molar-refractivity contribution is -0.134. The third kappa shape index (κ3) is 7.21. The molecule has 3 aromatic rings. The predicted octanol–water partition coefficient (Wildman–Crippen LogP) is 4.92. The van der Waals surface area contributed by atoms with Crippen LogP contribution in [-0.2, 0) is 9.53 Å². The third-order valence-electron chi connectivity index (χ3n) is 9.33. The lowest BCUT2D eigenvalue weighted by Gasteiger charge is -2.40. The van der Waals surface area contributed by atoms with Crippen LogP contribution in [0.2, 0.25) is 0 Å². The molecular formula is C34H41N5O5S. The number of amides is 1. The van der Waals surface area contributed by atoms with Gasteiger partial charge in [0.05, 0.1) is 18.9 Å². The Balaban J connectivity index is 1.11. The van der Waals surface area contributed by atoms with Gasteiger partial charge in [-0.15, -0.1) is 11.3 Å². The number of thiazole rings is 1. The molecule has 0 unspecified atom stereocenters. The number of hydrogen-bond donors (Lipinski definition) is 3. The molecular weight excluding hydrogens is 590 g/mol. The number of nitrogens with zero attached hydrogens (tertiary/aromatic N) is 3. The van der Waals surface area contributed by atoms with Gasteiger partial charge in [-0.1, -0.05) is 43.5 Å². The Morgan fingerprint density at radius 1 is 0.956 bits per heavy atom. The minimum atomic E-state index is -1.05. The fourth-order valence-electron chi connectivity index (χ4n) is 6.82. The fourth-order valence-corrected chi connectivity index (χ4v) is 7.71. The maximum atomic E-state index is 14.0. The van der Waals surface area contributed by atoms with Gasteiger partial charge in [-0.05, 0) is 49.9 Å². The van der Waals surface area contributed by atoms with Gasteiger partial charge < -0.3 is 25.4 Å². The molecule has 3 N–H and O–H groups in total. The average Bonchev–Trinajstić information content (AvgIpc) is 3.59. The Hall–Kier alpha value is -3.80. The summed E-state index contributed by atoms with van der Waals surface area (Å²) in [5.74, 6) is -1.50. The molecule has 2 aliphatic heterocycles. The first kappa shape index (κ1) is 31.2. The number of nitrogens with one attached hydrogen (secondary N) is 2. The number of ether oxygens (including phenoxy) is 1. The average molecular weight is 632 g/mol. The summed E-state index contributed by atoms with van der Waals surface area (Å²) in [6, 6.07) is 14.9. The largest absolute Gasteiger partial charge is 0.480 e. The van der Waals surface area contributed by atoms with Crippen molar-refractivity contribution in [2.24, 2.45) is 0 Å². The van der Waals surface area contributed by atoms with Crippen molar-refractivity contribution in [2.75, 3.05) is 56.2 Å². The van der Waals surface area contributed by atoms with Crippen LogP contribution in [0.25, 0.3) is 11.3 Å². The molecule has 2 saturated heterocycles. The summed E-state index contributed by atoms with van der Waals surface area (Å²) < 4.78 is 5.51. The second kappa shape index (κ2) is 14.1. The SMILES string of the molecule is O=C(O)CNc1ccccc1C(=O)C1(NC(=O)c2ccc(-c3csc(N4CCC(N5CCOCC5)CC4)n3)cc2)CCCCC1. The van der Waals surface area contributed by atoms with Crippen LogP contribution >= 0.6 is 11.3 Å². The number of rotatable bonds is 10. The molecule has 0 atom stereocenters. The van der Waals surface area contributed by atoms with Crippen LogP contribution in [0.15, 0.2) is 53.9 Å². The molecule has 238 valence electrons. The molecule has 10 nitrogen and oxygen atoms in total. The molecule has 1 amide bonds. The van der Waals surface area contributed by atoms with E-state index in [1.807, 2.05) is 12.1 Å². The first-order valence-corrected chi connectivity index (χ1v) is 16.8. The number of benzene rings is 2. The van der Waals surface area contributed by atoms with Gasteiger partial charge >= 0.3 is 5.97 Å². The lowest BCUT2D eigenvalue weighted by atomic mass is 9.76. The first-order valence-electron chi connectivity index (χ1n) is 16.0. The zero-order valence-corrected chi connectivity index (χ0v) is 26.3. The second-order valence-electron chi connectivity index (χ2n) is 12.2. The van der Waals surface area contributed by atoms with E-state index in [1.54, 1.807) is 47.7 Å². The number of carboxylic acid groups (broad SMARTS) is 1. The Bertz CT molecular complexity index is 1490. The zero-order valence-electron chi connectivity index (χ0n) is 25.5. The highest BCUT2D eigenvalue weighted by Crippen LogP contribution is 2.34. The van der Waals surface area contributed by atoms with E-state index in [0.29, 0.717) is 35.7 Å². The molecule has 1 aliphatic carbocycles. The van der Waals surface area contributed by atoms with Gasteiger partial charge in [-0.25, -0.2) is 4.98 Å². The molecule has 3 aliphatic rings. The Morgan fingerprint density at radius 3 is 2.38 bits per heavy atom. The number of carbonyl (C=O) groups excluding carboxylic acids is 2. The van der Waals surface area contributed by atoms with Crippen molar-refractivity contribution in [3.63, 3.8) is 0 Å². The second-order valence-corrected chi connectivity index (χ2v) is 13.0. The summed E-state index contributed by atoms with van der Waals surface area (Å²) in [6.07, 6.45) is 5.99. The zero-order chi connectivity index (χ0) is 31.2. The van der Waals surface area contributed by atoms with Crippen molar-refractivity contribution in [2.45, 2.75) is 56.5 Å². The maximum absolute atomic E-state index is 14.0. The van der Waals surface area contributed by atoms with E-state index >= 15 is 0 Å². The summed E-state index contributed by atoms with van der Waals surface area (Å²) >= 11 is 1.65. The van der Waals surface area contributed by atoms with Crippen LogP contribution in [0.1, 0.15) is 65.7 Å². The monoisotopic (exact) mass is 631 g/mol. The smallest absolute Gasteiger partial charge is 0.322 e. The van der Waals surface area contributed by atoms with Gasteiger partial charge in [0, 0.05) is 60.0 Å². The number of para-hydroxylation sites is 1. The van der Waals surface area contributed by atoms with Gasteiger partial charge in [0.1, 0.15) is 12.1 Å². The highest BCUT2D eigenvalue weighted by Gasteiger charge is 2.42. The minimum Gasteiger partial charge on any atom is -0.480 e. The van der Waals surface area contributed by atoms with Crippen molar-refractivity contribution in [1.82, 2.24) is 15.2 Å². The highest BCUT2D eigenvalue weighted by molar-refractivity contribution is 7.14. The van der Waals surface area contributed by atoms with Gasteiger partial charge in [-0.2, -0.15) is 0 Å². The number of aromatic nitrogens is 1. The molecule has 3 fully saturated rings. The van der Waals surface area contributed by atoms with Crippen molar-refractivity contribution in [3.8, 4) is 11.3 Å². The number of hydrogen-bond acceptors (Lipinski definition) is 9. The predicted molar refractivity (Wildman–Crippen MR) is 175 cm³/mol. The van der Waals surface area contributed by atoms with Crippen molar-refractivity contribution in [1.29, 1.82) is 0 Å². The quantitative estimate of drug-likeness (QED) is 0.268. The molecule has 45 heavy (non-hydrogen) atoms. The van der Waals surface area contributed by atoms with Gasteiger partial charge in [0.25, 0.3) is 5.91 Å². The number of ketones is 1. The molecule has 2 aromatic carbocycles. The molecule has 1 aromatic heterocycles.